The quantitative estimate of drug-likeness (QED) is 0.277. The second kappa shape index (κ2) is 8.46. The van der Waals surface area contributed by atoms with E-state index < -0.39 is 10.8 Å². The van der Waals surface area contributed by atoms with Gasteiger partial charge in [0.05, 0.1) is 17.2 Å². The molecule has 154 valence electrons. The molecule has 2 heterocycles. The minimum absolute atomic E-state index is 0.0404. The summed E-state index contributed by atoms with van der Waals surface area (Å²) < 4.78 is 6.89. The van der Waals surface area contributed by atoms with Crippen molar-refractivity contribution >= 4 is 23.1 Å². The van der Waals surface area contributed by atoms with Crippen molar-refractivity contribution in [2.45, 2.75) is 6.54 Å². The first-order valence-corrected chi connectivity index (χ1v) is 9.27. The molecule has 0 spiro atoms. The van der Waals surface area contributed by atoms with E-state index in [-0.39, 0.29) is 23.8 Å². The van der Waals surface area contributed by atoms with Crippen LogP contribution in [0.15, 0.2) is 83.5 Å². The molecule has 9 nitrogen and oxygen atoms in total. The summed E-state index contributed by atoms with van der Waals surface area (Å²) in [5.74, 6) is -0.293. The number of hydrogen-bond acceptors (Lipinski definition) is 6. The average Bonchev–Trinajstić information content (AvgIpc) is 3.45. The highest BCUT2D eigenvalue weighted by atomic mass is 16.6. The van der Waals surface area contributed by atoms with Gasteiger partial charge in [0.15, 0.2) is 11.5 Å². The Hall–Kier alpha value is -4.53. The van der Waals surface area contributed by atoms with Crippen LogP contribution in [0.25, 0.3) is 0 Å². The third-order valence-corrected chi connectivity index (χ3v) is 4.49. The Kier molecular flexibility index (Phi) is 5.39. The standard InChI is InChI=1S/C22H16N4O5/c27-21(15-6-2-1-3-7-15)18-8-4-5-9-19(18)24-22(28)20-11-10-17(31-20)14-25-13-16(12-23-25)26(29)30/h1-13H,14H2,(H,24,28). The molecular weight excluding hydrogens is 400 g/mol. The summed E-state index contributed by atoms with van der Waals surface area (Å²) in [7, 11) is 0. The van der Waals surface area contributed by atoms with Gasteiger partial charge in [-0.05, 0) is 24.3 Å². The van der Waals surface area contributed by atoms with E-state index in [2.05, 4.69) is 10.4 Å². The van der Waals surface area contributed by atoms with Crippen LogP contribution >= 0.6 is 0 Å². The topological polar surface area (TPSA) is 120 Å². The average molecular weight is 416 g/mol. The fraction of sp³-hybridized carbons (Fsp3) is 0.0455. The van der Waals surface area contributed by atoms with Gasteiger partial charge in [-0.2, -0.15) is 5.10 Å². The lowest BCUT2D eigenvalue weighted by Crippen LogP contribution is -2.14. The maximum atomic E-state index is 12.8. The van der Waals surface area contributed by atoms with Crippen LogP contribution in [-0.4, -0.2) is 26.4 Å². The molecule has 1 N–H and O–H groups in total. The van der Waals surface area contributed by atoms with E-state index in [4.69, 9.17) is 4.42 Å². The largest absolute Gasteiger partial charge is 0.454 e. The summed E-state index contributed by atoms with van der Waals surface area (Å²) in [4.78, 5) is 35.7. The highest BCUT2D eigenvalue weighted by Gasteiger charge is 2.18. The molecule has 0 bridgehead atoms. The molecule has 0 saturated heterocycles. The number of amides is 1. The monoisotopic (exact) mass is 416 g/mol. The lowest BCUT2D eigenvalue weighted by Gasteiger charge is -2.09. The Morgan fingerprint density at radius 1 is 1.03 bits per heavy atom. The molecule has 0 saturated carbocycles. The number of aromatic nitrogens is 2. The molecule has 9 heteroatoms. The number of nitro groups is 1. The van der Waals surface area contributed by atoms with Crippen molar-refractivity contribution in [1.29, 1.82) is 0 Å². The highest BCUT2D eigenvalue weighted by molar-refractivity contribution is 6.15. The number of nitrogens with one attached hydrogen (secondary N) is 1. The van der Waals surface area contributed by atoms with E-state index in [9.17, 15) is 19.7 Å². The molecular formula is C22H16N4O5. The predicted molar refractivity (Wildman–Crippen MR) is 111 cm³/mol. The number of furan rings is 1. The zero-order chi connectivity index (χ0) is 21.8. The number of para-hydroxylation sites is 1. The fourth-order valence-electron chi connectivity index (χ4n) is 3.00. The van der Waals surface area contributed by atoms with Crippen molar-refractivity contribution in [3.8, 4) is 0 Å². The first kappa shape index (κ1) is 19.8. The summed E-state index contributed by atoms with van der Waals surface area (Å²) in [6.45, 7) is 0.129. The first-order chi connectivity index (χ1) is 15.0. The maximum Gasteiger partial charge on any atom is 0.307 e. The van der Waals surface area contributed by atoms with Crippen LogP contribution in [0.2, 0.25) is 0 Å². The van der Waals surface area contributed by atoms with Crippen molar-refractivity contribution in [3.63, 3.8) is 0 Å². The Bertz CT molecular complexity index is 1260. The van der Waals surface area contributed by atoms with Crippen LogP contribution in [0.1, 0.15) is 32.2 Å². The molecule has 4 rings (SSSR count). The van der Waals surface area contributed by atoms with Crippen molar-refractivity contribution in [3.05, 3.63) is 112 Å². The lowest BCUT2D eigenvalue weighted by atomic mass is 10.0. The molecule has 0 atom stereocenters. The third kappa shape index (κ3) is 4.40. The van der Waals surface area contributed by atoms with Gasteiger partial charge in [0.1, 0.15) is 18.2 Å². The van der Waals surface area contributed by atoms with Crippen molar-refractivity contribution in [2.24, 2.45) is 0 Å². The number of rotatable bonds is 7. The van der Waals surface area contributed by atoms with Crippen LogP contribution in [0, 0.1) is 10.1 Å². The number of anilines is 1. The second-order valence-corrected chi connectivity index (χ2v) is 6.61. The minimum atomic E-state index is -0.543. The number of ketones is 1. The number of nitrogens with zero attached hydrogens (tertiary/aromatic N) is 3. The molecule has 0 unspecified atom stereocenters. The SMILES string of the molecule is O=C(Nc1ccccc1C(=O)c1ccccc1)c1ccc(Cn2cc([N+](=O)[O-])cn2)o1. The zero-order valence-electron chi connectivity index (χ0n) is 16.1. The summed E-state index contributed by atoms with van der Waals surface area (Å²) >= 11 is 0. The van der Waals surface area contributed by atoms with Gasteiger partial charge in [-0.25, -0.2) is 0 Å². The summed E-state index contributed by atoms with van der Waals surface area (Å²) in [5, 5.41) is 17.4. The number of carbonyl (C=O) groups excluding carboxylic acids is 2. The summed E-state index contributed by atoms with van der Waals surface area (Å²) in [5.41, 5.74) is 1.10. The Morgan fingerprint density at radius 2 is 1.77 bits per heavy atom. The number of carbonyl (C=O) groups is 2. The summed E-state index contributed by atoms with van der Waals surface area (Å²) in [6.07, 6.45) is 2.41. The van der Waals surface area contributed by atoms with E-state index in [1.54, 1.807) is 54.6 Å². The molecule has 0 radical (unpaired) electrons. The molecule has 1 amide bonds. The second-order valence-electron chi connectivity index (χ2n) is 6.61. The maximum absolute atomic E-state index is 12.8. The molecule has 4 aromatic rings. The Morgan fingerprint density at radius 3 is 2.52 bits per heavy atom. The van der Waals surface area contributed by atoms with E-state index in [0.717, 1.165) is 6.20 Å². The van der Waals surface area contributed by atoms with E-state index in [1.165, 1.54) is 16.9 Å². The smallest absolute Gasteiger partial charge is 0.307 e. The van der Waals surface area contributed by atoms with Crippen LogP contribution in [-0.2, 0) is 6.54 Å². The molecule has 0 aliphatic carbocycles. The molecule has 0 aliphatic heterocycles. The number of hydrogen-bond donors (Lipinski definition) is 1. The fourth-order valence-corrected chi connectivity index (χ4v) is 3.00. The first-order valence-electron chi connectivity index (χ1n) is 9.27. The molecule has 0 aliphatic rings. The number of benzene rings is 2. The summed E-state index contributed by atoms with van der Waals surface area (Å²) in [6, 6.07) is 18.6. The van der Waals surface area contributed by atoms with Crippen LogP contribution in [0.3, 0.4) is 0 Å². The molecule has 2 aromatic heterocycles. The molecule has 2 aromatic carbocycles. The molecule has 31 heavy (non-hydrogen) atoms. The van der Waals surface area contributed by atoms with Crippen LogP contribution < -0.4 is 5.32 Å². The van der Waals surface area contributed by atoms with Gasteiger partial charge < -0.3 is 9.73 Å². The van der Waals surface area contributed by atoms with Crippen molar-refractivity contribution in [2.75, 3.05) is 5.32 Å². The lowest BCUT2D eigenvalue weighted by molar-refractivity contribution is -0.385. The van der Waals surface area contributed by atoms with Gasteiger partial charge in [0.25, 0.3) is 5.91 Å². The van der Waals surface area contributed by atoms with Gasteiger partial charge >= 0.3 is 5.69 Å². The van der Waals surface area contributed by atoms with Crippen LogP contribution in [0.5, 0.6) is 0 Å². The van der Waals surface area contributed by atoms with Gasteiger partial charge in [-0.1, -0.05) is 42.5 Å². The normalized spacial score (nSPS) is 10.6. The molecule has 0 fully saturated rings. The minimum Gasteiger partial charge on any atom is -0.454 e. The Labute approximate surface area is 176 Å². The van der Waals surface area contributed by atoms with Gasteiger partial charge in [0, 0.05) is 11.1 Å². The van der Waals surface area contributed by atoms with E-state index in [1.807, 2.05) is 6.07 Å². The van der Waals surface area contributed by atoms with Gasteiger partial charge in [-0.3, -0.25) is 24.4 Å². The van der Waals surface area contributed by atoms with Crippen LogP contribution in [0.4, 0.5) is 11.4 Å². The zero-order valence-corrected chi connectivity index (χ0v) is 16.1. The van der Waals surface area contributed by atoms with Crippen molar-refractivity contribution in [1.82, 2.24) is 9.78 Å². The van der Waals surface area contributed by atoms with E-state index in [0.29, 0.717) is 22.6 Å². The van der Waals surface area contributed by atoms with Gasteiger partial charge in [-0.15, -0.1) is 0 Å². The third-order valence-electron chi connectivity index (χ3n) is 4.49. The van der Waals surface area contributed by atoms with E-state index >= 15 is 0 Å². The highest BCUT2D eigenvalue weighted by Crippen LogP contribution is 2.21. The van der Waals surface area contributed by atoms with Gasteiger partial charge in [0.2, 0.25) is 0 Å². The Balaban J connectivity index is 1.49. The van der Waals surface area contributed by atoms with Crippen molar-refractivity contribution < 1.29 is 18.9 Å². The predicted octanol–water partition coefficient (Wildman–Crippen LogP) is 3.92.